The highest BCUT2D eigenvalue weighted by Gasteiger charge is 2.13. The van der Waals surface area contributed by atoms with Crippen LogP contribution in [0.25, 0.3) is 0 Å². The average molecular weight is 338 g/mol. The molecule has 0 saturated heterocycles. The Labute approximate surface area is 130 Å². The minimum atomic E-state index is 0.459. The Balaban J connectivity index is 2.19. The first-order chi connectivity index (χ1) is 9.04. The monoisotopic (exact) mass is 336 g/mol. The molecule has 19 heavy (non-hydrogen) atoms. The van der Waals surface area contributed by atoms with Crippen molar-refractivity contribution < 1.29 is 0 Å². The number of nitrogens with zero attached hydrogens (tertiary/aromatic N) is 3. The van der Waals surface area contributed by atoms with Crippen LogP contribution in [0.15, 0.2) is 17.3 Å². The zero-order valence-corrected chi connectivity index (χ0v) is 13.1. The van der Waals surface area contributed by atoms with E-state index in [1.807, 2.05) is 6.92 Å². The van der Waals surface area contributed by atoms with E-state index in [2.05, 4.69) is 10.2 Å². The summed E-state index contributed by atoms with van der Waals surface area (Å²) in [7, 11) is 0. The van der Waals surface area contributed by atoms with Gasteiger partial charge in [-0.2, -0.15) is 0 Å². The molecule has 0 aliphatic heterocycles. The fraction of sp³-hybridized carbons (Fsp3) is 0.273. The quantitative estimate of drug-likeness (QED) is 0.523. The summed E-state index contributed by atoms with van der Waals surface area (Å²) in [6, 6.07) is 3.39. The van der Waals surface area contributed by atoms with E-state index in [1.165, 1.54) is 16.4 Å². The van der Waals surface area contributed by atoms with E-state index in [9.17, 15) is 0 Å². The van der Waals surface area contributed by atoms with Crippen molar-refractivity contribution in [3.63, 3.8) is 0 Å². The number of nitrogen functional groups attached to an aromatic ring is 1. The van der Waals surface area contributed by atoms with E-state index in [1.54, 1.807) is 12.1 Å². The molecule has 0 radical (unpaired) electrons. The lowest BCUT2D eigenvalue weighted by Crippen LogP contribution is -2.13. The SMILES string of the molecule is CCc1nnc(SCc2c(Cl)ccc(Cl)c2Cl)n1N. The van der Waals surface area contributed by atoms with Crippen LogP contribution in [0.2, 0.25) is 15.1 Å². The number of nitrogens with two attached hydrogens (primary N) is 1. The number of thioether (sulfide) groups is 1. The third kappa shape index (κ3) is 3.11. The molecular weight excluding hydrogens is 327 g/mol. The van der Waals surface area contributed by atoms with Crippen molar-refractivity contribution in [2.75, 3.05) is 5.84 Å². The molecule has 1 aromatic heterocycles. The lowest BCUT2D eigenvalue weighted by molar-refractivity contribution is 0.796. The number of halogens is 3. The second kappa shape index (κ2) is 6.22. The molecular formula is C11H11Cl3N4S. The summed E-state index contributed by atoms with van der Waals surface area (Å²) >= 11 is 19.6. The predicted octanol–water partition coefficient (Wildman–Crippen LogP) is 3.81. The van der Waals surface area contributed by atoms with Gasteiger partial charge in [-0.3, -0.25) is 0 Å². The minimum Gasteiger partial charge on any atom is -0.336 e. The Hall–Kier alpha value is -0.620. The Kier molecular flexibility index (Phi) is 4.84. The molecule has 0 aliphatic carbocycles. The third-order valence-corrected chi connectivity index (χ3v) is 4.70. The van der Waals surface area contributed by atoms with E-state index >= 15 is 0 Å². The van der Waals surface area contributed by atoms with Gasteiger partial charge in [0.05, 0.1) is 10.0 Å². The van der Waals surface area contributed by atoms with Gasteiger partial charge in [0.2, 0.25) is 5.16 Å². The van der Waals surface area contributed by atoms with Gasteiger partial charge in [0.1, 0.15) is 0 Å². The summed E-state index contributed by atoms with van der Waals surface area (Å²) in [6.07, 6.45) is 0.725. The molecule has 102 valence electrons. The molecule has 2 aromatic rings. The summed E-state index contributed by atoms with van der Waals surface area (Å²) in [5.74, 6) is 7.12. The number of rotatable bonds is 4. The maximum absolute atomic E-state index is 6.13. The van der Waals surface area contributed by atoms with Gasteiger partial charge in [-0.15, -0.1) is 10.2 Å². The molecule has 1 heterocycles. The molecule has 4 nitrogen and oxygen atoms in total. The van der Waals surface area contributed by atoms with Crippen molar-refractivity contribution in [2.45, 2.75) is 24.3 Å². The summed E-state index contributed by atoms with van der Waals surface area (Å²) in [5.41, 5.74) is 0.766. The van der Waals surface area contributed by atoms with Crippen molar-refractivity contribution in [3.8, 4) is 0 Å². The van der Waals surface area contributed by atoms with Crippen LogP contribution in [0.4, 0.5) is 0 Å². The number of benzene rings is 1. The average Bonchev–Trinajstić information content (AvgIpc) is 2.75. The van der Waals surface area contributed by atoms with Crippen LogP contribution in [-0.2, 0) is 12.2 Å². The van der Waals surface area contributed by atoms with Crippen molar-refractivity contribution in [3.05, 3.63) is 38.6 Å². The highest BCUT2D eigenvalue weighted by molar-refractivity contribution is 7.98. The smallest absolute Gasteiger partial charge is 0.210 e. The summed E-state index contributed by atoms with van der Waals surface area (Å²) in [6.45, 7) is 1.96. The molecule has 0 saturated carbocycles. The Morgan fingerprint density at radius 2 is 1.89 bits per heavy atom. The van der Waals surface area contributed by atoms with E-state index in [-0.39, 0.29) is 0 Å². The van der Waals surface area contributed by atoms with E-state index in [4.69, 9.17) is 40.6 Å². The lowest BCUT2D eigenvalue weighted by atomic mass is 10.2. The van der Waals surface area contributed by atoms with Crippen LogP contribution < -0.4 is 5.84 Å². The van der Waals surface area contributed by atoms with E-state index < -0.39 is 0 Å². The molecule has 0 unspecified atom stereocenters. The number of aryl methyl sites for hydroxylation is 1. The van der Waals surface area contributed by atoms with Crippen LogP contribution in [0.1, 0.15) is 18.3 Å². The molecule has 1 aromatic carbocycles. The molecule has 8 heteroatoms. The van der Waals surface area contributed by atoms with Crippen LogP contribution in [0.3, 0.4) is 0 Å². The van der Waals surface area contributed by atoms with Crippen LogP contribution in [0.5, 0.6) is 0 Å². The van der Waals surface area contributed by atoms with Gasteiger partial charge in [0.15, 0.2) is 5.82 Å². The second-order valence-corrected chi connectivity index (χ2v) is 5.87. The summed E-state index contributed by atoms with van der Waals surface area (Å²) in [5, 5.41) is 10.1. The van der Waals surface area contributed by atoms with Gasteiger partial charge in [-0.1, -0.05) is 53.5 Å². The minimum absolute atomic E-state index is 0.459. The molecule has 2 N–H and O–H groups in total. The van der Waals surface area contributed by atoms with Gasteiger partial charge in [-0.05, 0) is 12.1 Å². The Morgan fingerprint density at radius 3 is 2.53 bits per heavy atom. The number of hydrogen-bond donors (Lipinski definition) is 1. The molecule has 0 amide bonds. The van der Waals surface area contributed by atoms with Crippen LogP contribution in [-0.4, -0.2) is 14.9 Å². The highest BCUT2D eigenvalue weighted by atomic mass is 35.5. The van der Waals surface area contributed by atoms with Gasteiger partial charge in [0.25, 0.3) is 0 Å². The zero-order valence-electron chi connectivity index (χ0n) is 10.0. The normalized spacial score (nSPS) is 10.9. The zero-order chi connectivity index (χ0) is 14.0. The Bertz CT molecular complexity index is 600. The maximum atomic E-state index is 6.13. The first-order valence-electron chi connectivity index (χ1n) is 5.49. The first kappa shape index (κ1) is 14.8. The molecule has 0 atom stereocenters. The first-order valence-corrected chi connectivity index (χ1v) is 7.61. The molecule has 0 fully saturated rings. The summed E-state index contributed by atoms with van der Waals surface area (Å²) < 4.78 is 1.47. The fourth-order valence-electron chi connectivity index (χ4n) is 1.48. The van der Waals surface area contributed by atoms with E-state index in [0.29, 0.717) is 26.0 Å². The highest BCUT2D eigenvalue weighted by Crippen LogP contribution is 2.35. The van der Waals surface area contributed by atoms with Gasteiger partial charge < -0.3 is 5.84 Å². The molecule has 0 bridgehead atoms. The van der Waals surface area contributed by atoms with Gasteiger partial charge in [-0.25, -0.2) is 4.68 Å². The standard InChI is InChI=1S/C11H11Cl3N4S/c1-2-9-16-17-11(18(9)15)19-5-6-7(12)3-4-8(13)10(6)14/h3-4H,2,5,15H2,1H3. The van der Waals surface area contributed by atoms with Gasteiger partial charge in [0, 0.05) is 22.8 Å². The van der Waals surface area contributed by atoms with Crippen LogP contribution in [0, 0.1) is 0 Å². The second-order valence-electron chi connectivity index (χ2n) is 3.73. The molecule has 2 rings (SSSR count). The topological polar surface area (TPSA) is 56.7 Å². The Morgan fingerprint density at radius 1 is 1.21 bits per heavy atom. The summed E-state index contributed by atoms with van der Waals surface area (Å²) in [4.78, 5) is 0. The fourth-order valence-corrected chi connectivity index (χ4v) is 3.24. The van der Waals surface area contributed by atoms with Crippen molar-refractivity contribution >= 4 is 46.6 Å². The van der Waals surface area contributed by atoms with Crippen molar-refractivity contribution in [1.82, 2.24) is 14.9 Å². The lowest BCUT2D eigenvalue weighted by Gasteiger charge is -2.08. The van der Waals surface area contributed by atoms with Gasteiger partial charge >= 0.3 is 0 Å². The molecule has 0 spiro atoms. The largest absolute Gasteiger partial charge is 0.336 e. The van der Waals surface area contributed by atoms with E-state index in [0.717, 1.165) is 17.8 Å². The van der Waals surface area contributed by atoms with Crippen LogP contribution >= 0.6 is 46.6 Å². The number of hydrogen-bond acceptors (Lipinski definition) is 4. The number of aromatic nitrogens is 3. The van der Waals surface area contributed by atoms with Crippen molar-refractivity contribution in [1.29, 1.82) is 0 Å². The third-order valence-electron chi connectivity index (χ3n) is 2.54. The molecule has 0 aliphatic rings. The maximum Gasteiger partial charge on any atom is 0.210 e. The van der Waals surface area contributed by atoms with Crippen molar-refractivity contribution in [2.24, 2.45) is 0 Å². The predicted molar refractivity (Wildman–Crippen MR) is 80.6 cm³/mol.